The SMILES string of the molecule is CC(C)CN(CC(=O)O)C(C)C(=O)NC(C)(C)C. The van der Waals surface area contributed by atoms with E-state index in [-0.39, 0.29) is 18.0 Å². The molecule has 18 heavy (non-hydrogen) atoms. The molecule has 2 N–H and O–H groups in total. The predicted octanol–water partition coefficient (Wildman–Crippen LogP) is 1.33. The van der Waals surface area contributed by atoms with Crippen molar-refractivity contribution >= 4 is 11.9 Å². The van der Waals surface area contributed by atoms with Gasteiger partial charge in [-0.05, 0) is 33.6 Å². The molecule has 1 unspecified atom stereocenters. The van der Waals surface area contributed by atoms with E-state index in [9.17, 15) is 9.59 Å². The van der Waals surface area contributed by atoms with E-state index in [0.29, 0.717) is 12.5 Å². The maximum atomic E-state index is 12.0. The quantitative estimate of drug-likeness (QED) is 0.754. The lowest BCUT2D eigenvalue weighted by atomic mass is 10.1. The number of amides is 1. The zero-order valence-electron chi connectivity index (χ0n) is 12.3. The van der Waals surface area contributed by atoms with E-state index in [2.05, 4.69) is 5.32 Å². The molecule has 0 radical (unpaired) electrons. The van der Waals surface area contributed by atoms with Crippen molar-refractivity contribution in [1.82, 2.24) is 10.2 Å². The van der Waals surface area contributed by atoms with Crippen LogP contribution in [-0.2, 0) is 9.59 Å². The van der Waals surface area contributed by atoms with Gasteiger partial charge >= 0.3 is 5.97 Å². The normalized spacial score (nSPS) is 13.8. The number of carboxylic acids is 1. The van der Waals surface area contributed by atoms with Gasteiger partial charge in [0, 0.05) is 12.1 Å². The van der Waals surface area contributed by atoms with Gasteiger partial charge in [-0.3, -0.25) is 14.5 Å². The first-order valence-electron chi connectivity index (χ1n) is 6.31. The lowest BCUT2D eigenvalue weighted by Gasteiger charge is -2.31. The molecule has 0 bridgehead atoms. The van der Waals surface area contributed by atoms with Crippen LogP contribution in [0.5, 0.6) is 0 Å². The van der Waals surface area contributed by atoms with Crippen LogP contribution in [0.15, 0.2) is 0 Å². The smallest absolute Gasteiger partial charge is 0.317 e. The highest BCUT2D eigenvalue weighted by atomic mass is 16.4. The zero-order valence-corrected chi connectivity index (χ0v) is 12.3. The number of nitrogens with one attached hydrogen (secondary N) is 1. The van der Waals surface area contributed by atoms with Crippen molar-refractivity contribution in [3.8, 4) is 0 Å². The van der Waals surface area contributed by atoms with Crippen LogP contribution >= 0.6 is 0 Å². The van der Waals surface area contributed by atoms with E-state index in [1.807, 2.05) is 34.6 Å². The average Bonchev–Trinajstić information content (AvgIpc) is 2.11. The highest BCUT2D eigenvalue weighted by Gasteiger charge is 2.26. The summed E-state index contributed by atoms with van der Waals surface area (Å²) in [4.78, 5) is 24.5. The molecule has 0 rings (SSSR count). The fourth-order valence-electron chi connectivity index (χ4n) is 1.64. The van der Waals surface area contributed by atoms with Gasteiger partial charge in [-0.25, -0.2) is 0 Å². The van der Waals surface area contributed by atoms with Crippen molar-refractivity contribution in [2.45, 2.75) is 53.1 Å². The Kier molecular flexibility index (Phi) is 6.32. The van der Waals surface area contributed by atoms with Gasteiger partial charge in [0.2, 0.25) is 5.91 Å². The van der Waals surface area contributed by atoms with Gasteiger partial charge in [0.25, 0.3) is 0 Å². The molecule has 106 valence electrons. The molecular formula is C13H26N2O3. The summed E-state index contributed by atoms with van der Waals surface area (Å²) in [5.74, 6) is -0.732. The first-order valence-corrected chi connectivity index (χ1v) is 6.31. The predicted molar refractivity (Wildman–Crippen MR) is 71.4 cm³/mol. The van der Waals surface area contributed by atoms with Crippen LogP contribution in [0.25, 0.3) is 0 Å². The molecule has 0 heterocycles. The summed E-state index contributed by atoms with van der Waals surface area (Å²) in [6, 6.07) is -0.442. The number of aliphatic carboxylic acids is 1. The van der Waals surface area contributed by atoms with E-state index in [1.54, 1.807) is 11.8 Å². The highest BCUT2D eigenvalue weighted by Crippen LogP contribution is 2.07. The summed E-state index contributed by atoms with van der Waals surface area (Å²) < 4.78 is 0. The van der Waals surface area contributed by atoms with Crippen LogP contribution < -0.4 is 5.32 Å². The minimum atomic E-state index is -0.911. The van der Waals surface area contributed by atoms with Crippen molar-refractivity contribution in [2.24, 2.45) is 5.92 Å². The summed E-state index contributed by atoms with van der Waals surface area (Å²) in [5, 5.41) is 11.8. The standard InChI is InChI=1S/C13H26N2O3/c1-9(2)7-15(8-11(16)17)10(3)12(18)14-13(4,5)6/h9-10H,7-8H2,1-6H3,(H,14,18)(H,16,17). The lowest BCUT2D eigenvalue weighted by Crippen LogP contribution is -2.52. The highest BCUT2D eigenvalue weighted by molar-refractivity contribution is 5.82. The Morgan fingerprint density at radius 1 is 1.22 bits per heavy atom. The Labute approximate surface area is 110 Å². The fraction of sp³-hybridized carbons (Fsp3) is 0.846. The molecule has 0 aromatic heterocycles. The molecular weight excluding hydrogens is 232 g/mol. The molecule has 0 saturated carbocycles. The number of hydrogen-bond donors (Lipinski definition) is 2. The molecule has 0 aromatic carbocycles. The molecule has 1 amide bonds. The molecule has 0 aliphatic heterocycles. The third-order valence-corrected chi connectivity index (χ3v) is 2.36. The number of carbonyl (C=O) groups excluding carboxylic acids is 1. The molecule has 5 nitrogen and oxygen atoms in total. The first kappa shape index (κ1) is 16.9. The molecule has 0 aromatic rings. The second-order valence-corrected chi connectivity index (χ2v) is 6.13. The van der Waals surface area contributed by atoms with Crippen molar-refractivity contribution in [2.75, 3.05) is 13.1 Å². The minimum absolute atomic E-state index is 0.114. The van der Waals surface area contributed by atoms with E-state index >= 15 is 0 Å². The number of hydrogen-bond acceptors (Lipinski definition) is 3. The van der Waals surface area contributed by atoms with Gasteiger partial charge in [-0.2, -0.15) is 0 Å². The number of carboxylic acid groups (broad SMARTS) is 1. The molecule has 0 fully saturated rings. The van der Waals surface area contributed by atoms with E-state index in [1.165, 1.54) is 0 Å². The van der Waals surface area contributed by atoms with Crippen molar-refractivity contribution < 1.29 is 14.7 Å². The Balaban J connectivity index is 4.67. The molecule has 5 heteroatoms. The summed E-state index contributed by atoms with van der Waals surface area (Å²) in [5.41, 5.74) is -0.307. The van der Waals surface area contributed by atoms with Gasteiger partial charge in [0.1, 0.15) is 0 Å². The Hall–Kier alpha value is -1.10. The number of rotatable bonds is 6. The monoisotopic (exact) mass is 258 g/mol. The van der Waals surface area contributed by atoms with E-state index in [4.69, 9.17) is 5.11 Å². The lowest BCUT2D eigenvalue weighted by molar-refractivity contribution is -0.140. The Morgan fingerprint density at radius 3 is 2.06 bits per heavy atom. The molecule has 0 aliphatic rings. The summed E-state index contributed by atoms with van der Waals surface area (Å²) in [6.45, 7) is 11.9. The third-order valence-electron chi connectivity index (χ3n) is 2.36. The molecule has 1 atom stereocenters. The summed E-state index contributed by atoms with van der Waals surface area (Å²) in [6.07, 6.45) is 0. The van der Waals surface area contributed by atoms with Crippen LogP contribution in [-0.4, -0.2) is 46.6 Å². The van der Waals surface area contributed by atoms with Crippen LogP contribution in [0.1, 0.15) is 41.5 Å². The molecule has 0 spiro atoms. The van der Waals surface area contributed by atoms with Gasteiger partial charge in [-0.15, -0.1) is 0 Å². The van der Waals surface area contributed by atoms with Gasteiger partial charge < -0.3 is 10.4 Å². The molecule has 0 saturated heterocycles. The zero-order chi connectivity index (χ0) is 14.5. The largest absolute Gasteiger partial charge is 0.480 e. The first-order chi connectivity index (χ1) is 8.03. The Bertz CT molecular complexity index is 295. The van der Waals surface area contributed by atoms with Crippen LogP contribution in [0.4, 0.5) is 0 Å². The third kappa shape index (κ3) is 7.27. The Morgan fingerprint density at radius 2 is 1.72 bits per heavy atom. The van der Waals surface area contributed by atoms with Gasteiger partial charge in [-0.1, -0.05) is 13.8 Å². The van der Waals surface area contributed by atoms with Crippen LogP contribution in [0.2, 0.25) is 0 Å². The fourth-order valence-corrected chi connectivity index (χ4v) is 1.64. The minimum Gasteiger partial charge on any atom is -0.480 e. The second-order valence-electron chi connectivity index (χ2n) is 6.13. The second kappa shape index (κ2) is 6.73. The van der Waals surface area contributed by atoms with Gasteiger partial charge in [0.05, 0.1) is 12.6 Å². The maximum Gasteiger partial charge on any atom is 0.317 e. The van der Waals surface area contributed by atoms with Crippen molar-refractivity contribution in [3.63, 3.8) is 0 Å². The summed E-state index contributed by atoms with van der Waals surface area (Å²) in [7, 11) is 0. The maximum absolute atomic E-state index is 12.0. The van der Waals surface area contributed by atoms with Crippen molar-refractivity contribution in [1.29, 1.82) is 0 Å². The van der Waals surface area contributed by atoms with E-state index in [0.717, 1.165) is 0 Å². The molecule has 0 aliphatic carbocycles. The topological polar surface area (TPSA) is 69.6 Å². The van der Waals surface area contributed by atoms with Crippen LogP contribution in [0, 0.1) is 5.92 Å². The average molecular weight is 258 g/mol. The van der Waals surface area contributed by atoms with Crippen LogP contribution in [0.3, 0.4) is 0 Å². The number of carbonyl (C=O) groups is 2. The van der Waals surface area contributed by atoms with Crippen molar-refractivity contribution in [3.05, 3.63) is 0 Å². The number of nitrogens with zero attached hydrogens (tertiary/aromatic N) is 1. The van der Waals surface area contributed by atoms with Gasteiger partial charge in [0.15, 0.2) is 0 Å². The summed E-state index contributed by atoms with van der Waals surface area (Å²) >= 11 is 0. The van der Waals surface area contributed by atoms with E-state index < -0.39 is 12.0 Å².